The molecule has 1 aliphatic rings. The number of benzene rings is 2. The number of ether oxygens (including phenoxy) is 2. The molecule has 1 fully saturated rings. The Bertz CT molecular complexity index is 979. The van der Waals surface area contributed by atoms with Gasteiger partial charge in [-0.15, -0.1) is 0 Å². The summed E-state index contributed by atoms with van der Waals surface area (Å²) < 4.78 is 38.9. The van der Waals surface area contributed by atoms with Crippen molar-refractivity contribution in [1.29, 1.82) is 0 Å². The van der Waals surface area contributed by atoms with Gasteiger partial charge in [0.2, 0.25) is 15.9 Å². The molecule has 29 heavy (non-hydrogen) atoms. The van der Waals surface area contributed by atoms with Crippen LogP contribution >= 0.6 is 15.9 Å². The second-order valence-corrected chi connectivity index (χ2v) is 9.32. The third kappa shape index (κ3) is 4.73. The fraction of sp³-hybridized carbons (Fsp3) is 0.350. The minimum atomic E-state index is -3.76. The maximum atomic E-state index is 13.0. The monoisotopic (exact) mass is 482 g/mol. The number of nitrogens with zero attached hydrogens (tertiary/aromatic N) is 1. The molecule has 1 heterocycles. The van der Waals surface area contributed by atoms with Gasteiger partial charge in [-0.05, 0) is 56.2 Å². The summed E-state index contributed by atoms with van der Waals surface area (Å²) in [5.74, 6) is 0.707. The molecule has 3 rings (SSSR count). The molecule has 156 valence electrons. The van der Waals surface area contributed by atoms with Crippen molar-refractivity contribution in [3.8, 4) is 11.5 Å². The quantitative estimate of drug-likeness (QED) is 0.650. The number of hydrogen-bond acceptors (Lipinski definition) is 5. The van der Waals surface area contributed by atoms with Crippen molar-refractivity contribution < 1.29 is 22.7 Å². The van der Waals surface area contributed by atoms with Crippen LogP contribution in [0.5, 0.6) is 11.5 Å². The number of halogens is 1. The SMILES string of the molecule is CCOc1ccc(NC(=O)C2CCCN2S(=O)(=O)c2ccc(Br)cc2)cc1OC. The molecule has 9 heteroatoms. The minimum Gasteiger partial charge on any atom is -0.493 e. The van der Waals surface area contributed by atoms with E-state index in [2.05, 4.69) is 21.2 Å². The van der Waals surface area contributed by atoms with Crippen LogP contribution in [-0.4, -0.2) is 44.9 Å². The summed E-state index contributed by atoms with van der Waals surface area (Å²) in [7, 11) is -2.24. The number of hydrogen-bond donors (Lipinski definition) is 1. The van der Waals surface area contributed by atoms with Crippen LogP contribution in [0, 0.1) is 0 Å². The molecule has 1 amide bonds. The van der Waals surface area contributed by atoms with Crippen molar-refractivity contribution in [3.05, 3.63) is 46.9 Å². The van der Waals surface area contributed by atoms with Crippen molar-refractivity contribution in [2.24, 2.45) is 0 Å². The summed E-state index contributed by atoms with van der Waals surface area (Å²) in [5.41, 5.74) is 0.517. The fourth-order valence-corrected chi connectivity index (χ4v) is 5.20. The van der Waals surface area contributed by atoms with Crippen molar-refractivity contribution in [2.75, 3.05) is 25.6 Å². The average Bonchev–Trinajstić information content (AvgIpc) is 3.20. The Balaban J connectivity index is 1.79. The standard InChI is InChI=1S/C20H23BrN2O5S/c1-3-28-18-11-8-15(13-19(18)27-2)22-20(24)17-5-4-12-23(17)29(25,26)16-9-6-14(21)7-10-16/h6-11,13,17H,3-5,12H2,1-2H3,(H,22,24). The molecule has 2 aromatic carbocycles. The highest BCUT2D eigenvalue weighted by atomic mass is 79.9. The van der Waals surface area contributed by atoms with Crippen LogP contribution in [0.2, 0.25) is 0 Å². The summed E-state index contributed by atoms with van der Waals surface area (Å²) >= 11 is 3.30. The van der Waals surface area contributed by atoms with E-state index in [1.54, 1.807) is 30.3 Å². The molecule has 1 unspecified atom stereocenters. The van der Waals surface area contributed by atoms with E-state index in [1.807, 2.05) is 6.92 Å². The van der Waals surface area contributed by atoms with Gasteiger partial charge in [0.1, 0.15) is 6.04 Å². The third-order valence-corrected chi connectivity index (χ3v) is 7.11. The number of methoxy groups -OCH3 is 1. The van der Waals surface area contributed by atoms with Gasteiger partial charge in [0.15, 0.2) is 11.5 Å². The molecule has 0 bridgehead atoms. The molecule has 0 aliphatic carbocycles. The number of sulfonamides is 1. The summed E-state index contributed by atoms with van der Waals surface area (Å²) in [5, 5.41) is 2.80. The van der Waals surface area contributed by atoms with Gasteiger partial charge in [-0.2, -0.15) is 4.31 Å². The van der Waals surface area contributed by atoms with Crippen LogP contribution < -0.4 is 14.8 Å². The lowest BCUT2D eigenvalue weighted by Gasteiger charge is -2.23. The second kappa shape index (κ2) is 9.15. The predicted octanol–water partition coefficient (Wildman–Crippen LogP) is 3.65. The number of amides is 1. The first-order valence-corrected chi connectivity index (χ1v) is 11.5. The van der Waals surface area contributed by atoms with Gasteiger partial charge >= 0.3 is 0 Å². The van der Waals surface area contributed by atoms with Gasteiger partial charge in [-0.25, -0.2) is 8.42 Å². The highest BCUT2D eigenvalue weighted by Gasteiger charge is 2.39. The number of carbonyl (C=O) groups excluding carboxylic acids is 1. The summed E-state index contributed by atoms with van der Waals surface area (Å²) in [6.45, 7) is 2.67. The lowest BCUT2D eigenvalue weighted by Crippen LogP contribution is -2.43. The molecule has 0 aromatic heterocycles. The van der Waals surface area contributed by atoms with Crippen molar-refractivity contribution in [2.45, 2.75) is 30.7 Å². The normalized spacial score (nSPS) is 17.1. The molecule has 7 nitrogen and oxygen atoms in total. The predicted molar refractivity (Wildman–Crippen MR) is 114 cm³/mol. The maximum Gasteiger partial charge on any atom is 0.243 e. The molecule has 1 atom stereocenters. The molecule has 1 N–H and O–H groups in total. The smallest absolute Gasteiger partial charge is 0.243 e. The van der Waals surface area contributed by atoms with Gasteiger partial charge in [-0.1, -0.05) is 15.9 Å². The Morgan fingerprint density at radius 1 is 1.21 bits per heavy atom. The topological polar surface area (TPSA) is 84.9 Å². The number of anilines is 1. The molecule has 1 saturated heterocycles. The highest BCUT2D eigenvalue weighted by molar-refractivity contribution is 9.10. The van der Waals surface area contributed by atoms with Gasteiger partial charge in [0, 0.05) is 22.8 Å². The number of nitrogens with one attached hydrogen (secondary N) is 1. The van der Waals surface area contributed by atoms with E-state index in [1.165, 1.54) is 23.5 Å². The zero-order chi connectivity index (χ0) is 21.0. The van der Waals surface area contributed by atoms with E-state index >= 15 is 0 Å². The first kappa shape index (κ1) is 21.6. The molecule has 0 radical (unpaired) electrons. The largest absolute Gasteiger partial charge is 0.493 e. The van der Waals surface area contributed by atoms with Gasteiger partial charge in [0.25, 0.3) is 0 Å². The first-order valence-electron chi connectivity index (χ1n) is 9.26. The van der Waals surface area contributed by atoms with Crippen LogP contribution in [0.15, 0.2) is 51.8 Å². The lowest BCUT2D eigenvalue weighted by molar-refractivity contribution is -0.119. The Labute approximate surface area is 179 Å². The lowest BCUT2D eigenvalue weighted by atomic mass is 10.2. The Morgan fingerprint density at radius 2 is 1.93 bits per heavy atom. The maximum absolute atomic E-state index is 13.0. The molecule has 0 spiro atoms. The van der Waals surface area contributed by atoms with Crippen molar-refractivity contribution in [3.63, 3.8) is 0 Å². The molecule has 0 saturated carbocycles. The van der Waals surface area contributed by atoms with E-state index in [0.717, 1.165) is 4.47 Å². The first-order chi connectivity index (χ1) is 13.9. The van der Waals surface area contributed by atoms with Crippen LogP contribution in [0.3, 0.4) is 0 Å². The molecule has 1 aliphatic heterocycles. The van der Waals surface area contributed by atoms with Crippen LogP contribution in [0.4, 0.5) is 5.69 Å². The van der Waals surface area contributed by atoms with Crippen molar-refractivity contribution in [1.82, 2.24) is 4.31 Å². The third-order valence-electron chi connectivity index (χ3n) is 4.66. The summed E-state index contributed by atoms with van der Waals surface area (Å²) in [6, 6.07) is 10.7. The van der Waals surface area contributed by atoms with Crippen molar-refractivity contribution >= 4 is 37.5 Å². The Morgan fingerprint density at radius 3 is 2.59 bits per heavy atom. The second-order valence-electron chi connectivity index (χ2n) is 6.52. The van der Waals surface area contributed by atoms with Crippen LogP contribution in [-0.2, 0) is 14.8 Å². The zero-order valence-electron chi connectivity index (χ0n) is 16.2. The zero-order valence-corrected chi connectivity index (χ0v) is 18.6. The highest BCUT2D eigenvalue weighted by Crippen LogP contribution is 2.31. The van der Waals surface area contributed by atoms with Gasteiger partial charge in [-0.3, -0.25) is 4.79 Å². The Kier molecular flexibility index (Phi) is 6.81. The fourth-order valence-electron chi connectivity index (χ4n) is 3.28. The van der Waals surface area contributed by atoms with E-state index in [-0.39, 0.29) is 10.8 Å². The van der Waals surface area contributed by atoms with E-state index in [0.29, 0.717) is 43.2 Å². The van der Waals surface area contributed by atoms with Crippen LogP contribution in [0.1, 0.15) is 19.8 Å². The molecular formula is C20H23BrN2O5S. The van der Waals surface area contributed by atoms with Crippen LogP contribution in [0.25, 0.3) is 0 Å². The average molecular weight is 483 g/mol. The minimum absolute atomic E-state index is 0.170. The summed E-state index contributed by atoms with van der Waals surface area (Å²) in [4.78, 5) is 13.0. The number of rotatable bonds is 7. The summed E-state index contributed by atoms with van der Waals surface area (Å²) in [6.07, 6.45) is 1.09. The van der Waals surface area contributed by atoms with Gasteiger partial charge in [0.05, 0.1) is 18.6 Å². The molecular weight excluding hydrogens is 460 g/mol. The van der Waals surface area contributed by atoms with E-state index < -0.39 is 16.1 Å². The van der Waals surface area contributed by atoms with E-state index in [4.69, 9.17) is 9.47 Å². The Hall–Kier alpha value is -2.10. The number of carbonyl (C=O) groups is 1. The van der Waals surface area contributed by atoms with Gasteiger partial charge < -0.3 is 14.8 Å². The molecule has 2 aromatic rings. The van der Waals surface area contributed by atoms with E-state index in [9.17, 15) is 13.2 Å².